The Morgan fingerprint density at radius 3 is 1.93 bits per heavy atom. The lowest BCUT2D eigenvalue weighted by Crippen LogP contribution is -2.45. The number of hydrogen-bond donors (Lipinski definition) is 1. The zero-order valence-electron chi connectivity index (χ0n) is 9.29. The van der Waals surface area contributed by atoms with E-state index in [1.807, 2.05) is 20.8 Å². The van der Waals surface area contributed by atoms with Crippen LogP contribution in [0.4, 0.5) is 0 Å². The summed E-state index contributed by atoms with van der Waals surface area (Å²) in [7, 11) is 0. The molecule has 4 nitrogen and oxygen atoms in total. The van der Waals surface area contributed by atoms with Crippen LogP contribution in [0.1, 0.15) is 27.7 Å². The summed E-state index contributed by atoms with van der Waals surface area (Å²) in [6, 6.07) is 0. The van der Waals surface area contributed by atoms with Gasteiger partial charge in [0.25, 0.3) is 6.47 Å². The standard InChI is InChI=1S/C5H9NO.C5H10O2/c1-4(7)5-2-6-3-5;1-5(2,3)7-4-6/h5-6H,2-3H2,1H3;4H,1-3H3. The van der Waals surface area contributed by atoms with E-state index in [0.717, 1.165) is 13.1 Å². The van der Waals surface area contributed by atoms with Gasteiger partial charge in [-0.2, -0.15) is 0 Å². The maximum absolute atomic E-state index is 10.4. The van der Waals surface area contributed by atoms with Crippen molar-refractivity contribution >= 4 is 12.3 Å². The number of rotatable bonds is 2. The van der Waals surface area contributed by atoms with Gasteiger partial charge in [0.2, 0.25) is 0 Å². The predicted molar refractivity (Wildman–Crippen MR) is 53.9 cm³/mol. The average Bonchev–Trinajstić information content (AvgIpc) is 1.78. The van der Waals surface area contributed by atoms with Crippen molar-refractivity contribution in [1.29, 1.82) is 0 Å². The maximum Gasteiger partial charge on any atom is 0.293 e. The van der Waals surface area contributed by atoms with E-state index in [1.165, 1.54) is 0 Å². The fourth-order valence-electron chi connectivity index (χ4n) is 0.720. The van der Waals surface area contributed by atoms with Crippen molar-refractivity contribution in [2.45, 2.75) is 33.3 Å². The largest absolute Gasteiger partial charge is 0.462 e. The molecule has 0 aromatic carbocycles. The minimum Gasteiger partial charge on any atom is -0.462 e. The molecule has 1 N–H and O–H groups in total. The Balaban J connectivity index is 0.000000241. The molecule has 0 unspecified atom stereocenters. The Bertz CT molecular complexity index is 192. The van der Waals surface area contributed by atoms with E-state index in [0.29, 0.717) is 18.2 Å². The van der Waals surface area contributed by atoms with E-state index >= 15 is 0 Å². The summed E-state index contributed by atoms with van der Waals surface area (Å²) in [5.41, 5.74) is -0.318. The lowest BCUT2D eigenvalue weighted by Gasteiger charge is -2.23. The van der Waals surface area contributed by atoms with Gasteiger partial charge >= 0.3 is 0 Å². The van der Waals surface area contributed by atoms with Crippen molar-refractivity contribution in [3.8, 4) is 0 Å². The molecule has 0 spiro atoms. The van der Waals surface area contributed by atoms with Crippen LogP contribution in [0.3, 0.4) is 0 Å². The summed E-state index contributed by atoms with van der Waals surface area (Å²) >= 11 is 0. The van der Waals surface area contributed by atoms with Gasteiger partial charge in [0, 0.05) is 19.0 Å². The smallest absolute Gasteiger partial charge is 0.293 e. The van der Waals surface area contributed by atoms with Gasteiger partial charge in [-0.1, -0.05) is 0 Å². The van der Waals surface area contributed by atoms with Gasteiger partial charge in [0.05, 0.1) is 0 Å². The lowest BCUT2D eigenvalue weighted by atomic mass is 10.00. The third-order valence-corrected chi connectivity index (χ3v) is 1.76. The quantitative estimate of drug-likeness (QED) is 0.670. The van der Waals surface area contributed by atoms with Crippen molar-refractivity contribution < 1.29 is 14.3 Å². The number of nitrogens with one attached hydrogen (secondary N) is 1. The molecule has 1 saturated heterocycles. The van der Waals surface area contributed by atoms with Crippen molar-refractivity contribution in [2.24, 2.45) is 5.92 Å². The molecule has 0 saturated carbocycles. The Morgan fingerprint density at radius 1 is 1.43 bits per heavy atom. The fraction of sp³-hybridized carbons (Fsp3) is 0.800. The van der Waals surface area contributed by atoms with Crippen LogP contribution in [0, 0.1) is 5.92 Å². The summed E-state index contributed by atoms with van der Waals surface area (Å²) in [6.07, 6.45) is 0. The molecule has 1 rings (SSSR count). The van der Waals surface area contributed by atoms with Gasteiger partial charge < -0.3 is 10.1 Å². The number of ketones is 1. The minimum atomic E-state index is -0.318. The molecule has 1 fully saturated rings. The van der Waals surface area contributed by atoms with E-state index in [9.17, 15) is 9.59 Å². The van der Waals surface area contributed by atoms with Crippen LogP contribution >= 0.6 is 0 Å². The van der Waals surface area contributed by atoms with Crippen molar-refractivity contribution in [3.63, 3.8) is 0 Å². The minimum absolute atomic E-state index is 0.318. The molecule has 0 amide bonds. The molecule has 1 aliphatic heterocycles. The molecular formula is C10H19NO3. The van der Waals surface area contributed by atoms with Crippen LogP contribution in [0.5, 0.6) is 0 Å². The highest BCUT2D eigenvalue weighted by atomic mass is 16.5. The van der Waals surface area contributed by atoms with E-state index in [2.05, 4.69) is 10.1 Å². The topological polar surface area (TPSA) is 55.4 Å². The van der Waals surface area contributed by atoms with Gasteiger partial charge in [0.15, 0.2) is 0 Å². The number of carbonyl (C=O) groups is 2. The van der Waals surface area contributed by atoms with Gasteiger partial charge in [-0.25, -0.2) is 0 Å². The van der Waals surface area contributed by atoms with Crippen LogP contribution < -0.4 is 5.32 Å². The number of ether oxygens (including phenoxy) is 1. The van der Waals surface area contributed by atoms with Crippen molar-refractivity contribution in [1.82, 2.24) is 5.32 Å². The summed E-state index contributed by atoms with van der Waals surface area (Å²) in [5.74, 6) is 0.652. The molecule has 82 valence electrons. The van der Waals surface area contributed by atoms with Crippen LogP contribution in [-0.4, -0.2) is 30.9 Å². The van der Waals surface area contributed by atoms with Gasteiger partial charge in [-0.15, -0.1) is 0 Å². The lowest BCUT2D eigenvalue weighted by molar-refractivity contribution is -0.138. The third-order valence-electron chi connectivity index (χ3n) is 1.76. The SMILES string of the molecule is CC(=O)C1CNC1.CC(C)(C)OC=O. The first-order chi connectivity index (χ1) is 6.37. The van der Waals surface area contributed by atoms with E-state index in [-0.39, 0.29) is 5.60 Å². The van der Waals surface area contributed by atoms with Gasteiger partial charge in [-0.3, -0.25) is 9.59 Å². The molecule has 1 aliphatic rings. The highest BCUT2D eigenvalue weighted by Gasteiger charge is 2.20. The molecular weight excluding hydrogens is 182 g/mol. The van der Waals surface area contributed by atoms with Crippen molar-refractivity contribution in [3.05, 3.63) is 0 Å². The van der Waals surface area contributed by atoms with Crippen LogP contribution in [0.2, 0.25) is 0 Å². The zero-order chi connectivity index (χ0) is 11.2. The number of carbonyl (C=O) groups excluding carboxylic acids is 2. The van der Waals surface area contributed by atoms with Crippen molar-refractivity contribution in [2.75, 3.05) is 13.1 Å². The molecule has 4 heteroatoms. The Labute approximate surface area is 85.0 Å². The van der Waals surface area contributed by atoms with E-state index in [4.69, 9.17) is 0 Å². The normalized spacial score (nSPS) is 16.0. The first-order valence-electron chi connectivity index (χ1n) is 4.69. The third kappa shape index (κ3) is 6.60. The van der Waals surface area contributed by atoms with E-state index < -0.39 is 0 Å². The highest BCUT2D eigenvalue weighted by molar-refractivity contribution is 5.79. The Hall–Kier alpha value is -0.900. The number of Topliss-reactive ketones (excluding diaryl/α,β-unsaturated/α-hetero) is 1. The second-order valence-corrected chi connectivity index (χ2v) is 4.29. The first-order valence-corrected chi connectivity index (χ1v) is 4.69. The molecule has 0 aromatic rings. The molecule has 0 bridgehead atoms. The van der Waals surface area contributed by atoms with Crippen LogP contribution in [0.15, 0.2) is 0 Å². The van der Waals surface area contributed by atoms with Gasteiger partial charge in [-0.05, 0) is 27.7 Å². The summed E-state index contributed by atoms with van der Waals surface area (Å²) in [5, 5.41) is 3.02. The van der Waals surface area contributed by atoms with Gasteiger partial charge in [0.1, 0.15) is 11.4 Å². The number of hydrogen-bond acceptors (Lipinski definition) is 4. The predicted octanol–water partition coefficient (Wildman–Crippen LogP) is 0.753. The zero-order valence-corrected chi connectivity index (χ0v) is 9.29. The van der Waals surface area contributed by atoms with Crippen LogP contribution in [0.25, 0.3) is 0 Å². The molecule has 0 aromatic heterocycles. The highest BCUT2D eigenvalue weighted by Crippen LogP contribution is 2.02. The molecule has 1 heterocycles. The molecule has 14 heavy (non-hydrogen) atoms. The maximum atomic E-state index is 10.4. The second-order valence-electron chi connectivity index (χ2n) is 4.29. The summed E-state index contributed by atoms with van der Waals surface area (Å²) in [6.45, 7) is 9.36. The Kier molecular flexibility index (Phi) is 5.38. The second kappa shape index (κ2) is 5.75. The summed E-state index contributed by atoms with van der Waals surface area (Å²) < 4.78 is 4.55. The monoisotopic (exact) mass is 201 g/mol. The molecule has 0 atom stereocenters. The Morgan fingerprint density at radius 2 is 1.93 bits per heavy atom. The average molecular weight is 201 g/mol. The fourth-order valence-corrected chi connectivity index (χ4v) is 0.720. The summed E-state index contributed by atoms with van der Waals surface area (Å²) in [4.78, 5) is 20.0. The first kappa shape index (κ1) is 13.1. The van der Waals surface area contributed by atoms with E-state index in [1.54, 1.807) is 6.92 Å². The van der Waals surface area contributed by atoms with Crippen LogP contribution in [-0.2, 0) is 14.3 Å². The molecule has 0 radical (unpaired) electrons. The molecule has 0 aliphatic carbocycles.